The Labute approximate surface area is 132 Å². The lowest BCUT2D eigenvalue weighted by Gasteiger charge is -2.14. The molecule has 1 atom stereocenters. The lowest BCUT2D eigenvalue weighted by atomic mass is 10.00. The van der Waals surface area contributed by atoms with Gasteiger partial charge in [0.15, 0.2) is 0 Å². The third-order valence-corrected chi connectivity index (χ3v) is 4.40. The average Bonchev–Trinajstić information content (AvgIpc) is 3.11. The van der Waals surface area contributed by atoms with Crippen LogP contribution in [0.15, 0.2) is 35.5 Å². The summed E-state index contributed by atoms with van der Waals surface area (Å²) in [7, 11) is 0. The minimum absolute atomic E-state index is 0.307. The summed E-state index contributed by atoms with van der Waals surface area (Å²) < 4.78 is 8.03. The van der Waals surface area contributed by atoms with Gasteiger partial charge in [-0.2, -0.15) is 0 Å². The molecule has 3 rings (SSSR count). The van der Waals surface area contributed by atoms with Gasteiger partial charge in [0.25, 0.3) is 0 Å². The quantitative estimate of drug-likeness (QED) is 0.837. The van der Waals surface area contributed by atoms with Crippen LogP contribution in [0.1, 0.15) is 41.3 Å². The maximum atomic E-state index is 5.79. The standard InChI is InChI=1S/C19H24N2O/c1-5-16-12-22-19(20-16)18-7-6-8-21(18)11-17-14(3)9-13(2)10-15(17)4/h6-10,16H,5,11-12H2,1-4H3/t16-/m0/s1. The molecule has 2 aromatic rings. The van der Waals surface area contributed by atoms with Crippen LogP contribution in [0.4, 0.5) is 0 Å². The number of aryl methyl sites for hydroxylation is 3. The average molecular weight is 296 g/mol. The number of aliphatic imine (C=N–C) groups is 1. The van der Waals surface area contributed by atoms with Crippen molar-refractivity contribution in [3.63, 3.8) is 0 Å². The number of hydrogen-bond acceptors (Lipinski definition) is 2. The largest absolute Gasteiger partial charge is 0.474 e. The molecule has 1 aliphatic rings. The van der Waals surface area contributed by atoms with Gasteiger partial charge in [-0.05, 0) is 56.0 Å². The molecule has 0 spiro atoms. The fraction of sp³-hybridized carbons (Fsp3) is 0.421. The zero-order valence-electron chi connectivity index (χ0n) is 13.9. The summed E-state index contributed by atoms with van der Waals surface area (Å²) in [4.78, 5) is 4.68. The molecular weight excluding hydrogens is 272 g/mol. The molecule has 0 amide bonds. The first-order chi connectivity index (χ1) is 10.6. The van der Waals surface area contributed by atoms with Crippen LogP contribution in [0.3, 0.4) is 0 Å². The van der Waals surface area contributed by atoms with E-state index < -0.39 is 0 Å². The van der Waals surface area contributed by atoms with E-state index in [9.17, 15) is 0 Å². The summed E-state index contributed by atoms with van der Waals surface area (Å²) in [5.41, 5.74) is 6.47. The van der Waals surface area contributed by atoms with Crippen molar-refractivity contribution in [2.75, 3.05) is 6.61 Å². The van der Waals surface area contributed by atoms with Crippen molar-refractivity contribution >= 4 is 5.90 Å². The zero-order valence-corrected chi connectivity index (χ0v) is 13.9. The third-order valence-electron chi connectivity index (χ3n) is 4.40. The molecule has 22 heavy (non-hydrogen) atoms. The molecule has 1 aliphatic heterocycles. The van der Waals surface area contributed by atoms with Gasteiger partial charge >= 0.3 is 0 Å². The van der Waals surface area contributed by atoms with Gasteiger partial charge in [-0.15, -0.1) is 0 Å². The van der Waals surface area contributed by atoms with E-state index in [1.807, 2.05) is 0 Å². The molecule has 1 aromatic heterocycles. The molecule has 0 N–H and O–H groups in total. The van der Waals surface area contributed by atoms with Crippen LogP contribution in [-0.2, 0) is 11.3 Å². The van der Waals surface area contributed by atoms with Gasteiger partial charge in [0.2, 0.25) is 5.90 Å². The lowest BCUT2D eigenvalue weighted by molar-refractivity contribution is 0.313. The highest BCUT2D eigenvalue weighted by Gasteiger charge is 2.21. The molecule has 3 nitrogen and oxygen atoms in total. The van der Waals surface area contributed by atoms with Crippen LogP contribution >= 0.6 is 0 Å². The highest BCUT2D eigenvalue weighted by atomic mass is 16.5. The van der Waals surface area contributed by atoms with Gasteiger partial charge in [-0.3, -0.25) is 0 Å². The Kier molecular flexibility index (Phi) is 4.06. The van der Waals surface area contributed by atoms with Crippen LogP contribution in [-0.4, -0.2) is 23.1 Å². The van der Waals surface area contributed by atoms with Crippen molar-refractivity contribution in [1.29, 1.82) is 0 Å². The maximum Gasteiger partial charge on any atom is 0.233 e. The molecular formula is C19H24N2O. The molecule has 116 valence electrons. The van der Waals surface area contributed by atoms with E-state index in [0.717, 1.165) is 24.6 Å². The highest BCUT2D eigenvalue weighted by Crippen LogP contribution is 2.20. The Morgan fingerprint density at radius 1 is 1.23 bits per heavy atom. The summed E-state index contributed by atoms with van der Waals surface area (Å²) >= 11 is 0. The van der Waals surface area contributed by atoms with E-state index in [1.165, 1.54) is 22.3 Å². The number of hydrogen-bond donors (Lipinski definition) is 0. The Balaban J connectivity index is 1.91. The minimum atomic E-state index is 0.307. The summed E-state index contributed by atoms with van der Waals surface area (Å²) in [5.74, 6) is 0.791. The van der Waals surface area contributed by atoms with Crippen molar-refractivity contribution in [2.24, 2.45) is 4.99 Å². The van der Waals surface area contributed by atoms with Crippen LogP contribution in [0.25, 0.3) is 0 Å². The Hall–Kier alpha value is -2.03. The van der Waals surface area contributed by atoms with Gasteiger partial charge in [-0.25, -0.2) is 4.99 Å². The summed E-state index contributed by atoms with van der Waals surface area (Å²) in [6.45, 7) is 10.2. The lowest BCUT2D eigenvalue weighted by Crippen LogP contribution is -2.12. The summed E-state index contributed by atoms with van der Waals surface area (Å²) in [5, 5.41) is 0. The topological polar surface area (TPSA) is 26.5 Å². The van der Waals surface area contributed by atoms with Crippen molar-refractivity contribution in [3.05, 3.63) is 58.4 Å². The van der Waals surface area contributed by atoms with E-state index in [4.69, 9.17) is 4.74 Å². The van der Waals surface area contributed by atoms with E-state index in [-0.39, 0.29) is 0 Å². The van der Waals surface area contributed by atoms with E-state index in [0.29, 0.717) is 12.6 Å². The zero-order chi connectivity index (χ0) is 15.7. The molecule has 0 radical (unpaired) electrons. The van der Waals surface area contributed by atoms with Gasteiger partial charge < -0.3 is 9.30 Å². The predicted octanol–water partition coefficient (Wildman–Crippen LogP) is 4.02. The molecule has 2 heterocycles. The van der Waals surface area contributed by atoms with E-state index in [2.05, 4.69) is 67.7 Å². The van der Waals surface area contributed by atoms with Gasteiger partial charge in [-0.1, -0.05) is 24.6 Å². The van der Waals surface area contributed by atoms with Crippen molar-refractivity contribution in [1.82, 2.24) is 4.57 Å². The van der Waals surface area contributed by atoms with Gasteiger partial charge in [0.05, 0.1) is 6.04 Å². The second-order valence-corrected chi connectivity index (χ2v) is 6.21. The summed E-state index contributed by atoms with van der Waals surface area (Å²) in [6.07, 6.45) is 3.14. The second-order valence-electron chi connectivity index (χ2n) is 6.21. The third kappa shape index (κ3) is 2.80. The van der Waals surface area contributed by atoms with Crippen molar-refractivity contribution < 1.29 is 4.74 Å². The normalized spacial score (nSPS) is 17.5. The summed E-state index contributed by atoms with van der Waals surface area (Å²) in [6, 6.07) is 8.97. The smallest absolute Gasteiger partial charge is 0.233 e. The fourth-order valence-corrected chi connectivity index (χ4v) is 3.14. The number of aromatic nitrogens is 1. The Bertz CT molecular complexity index is 689. The molecule has 3 heteroatoms. The van der Waals surface area contributed by atoms with Crippen LogP contribution in [0, 0.1) is 20.8 Å². The van der Waals surface area contributed by atoms with E-state index in [1.54, 1.807) is 0 Å². The molecule has 0 fully saturated rings. The van der Waals surface area contributed by atoms with Crippen molar-refractivity contribution in [2.45, 2.75) is 46.7 Å². The van der Waals surface area contributed by atoms with Crippen molar-refractivity contribution in [3.8, 4) is 0 Å². The predicted molar refractivity (Wildman–Crippen MR) is 90.8 cm³/mol. The monoisotopic (exact) mass is 296 g/mol. The first-order valence-electron chi connectivity index (χ1n) is 8.01. The van der Waals surface area contributed by atoms with E-state index >= 15 is 0 Å². The number of ether oxygens (including phenoxy) is 1. The number of benzene rings is 1. The Morgan fingerprint density at radius 3 is 2.59 bits per heavy atom. The molecule has 0 aliphatic carbocycles. The van der Waals surface area contributed by atoms with Crippen LogP contribution in [0.5, 0.6) is 0 Å². The number of nitrogens with zero attached hydrogens (tertiary/aromatic N) is 2. The molecule has 0 bridgehead atoms. The maximum absolute atomic E-state index is 5.79. The first kappa shape index (κ1) is 14.9. The fourth-order valence-electron chi connectivity index (χ4n) is 3.14. The second kappa shape index (κ2) is 5.99. The molecule has 0 unspecified atom stereocenters. The van der Waals surface area contributed by atoms with Gasteiger partial charge in [0.1, 0.15) is 12.3 Å². The van der Waals surface area contributed by atoms with Crippen LogP contribution < -0.4 is 0 Å². The minimum Gasteiger partial charge on any atom is -0.474 e. The molecule has 0 saturated heterocycles. The number of rotatable bonds is 4. The molecule has 0 saturated carbocycles. The highest BCUT2D eigenvalue weighted by molar-refractivity contribution is 5.93. The first-order valence-corrected chi connectivity index (χ1v) is 8.01. The Morgan fingerprint density at radius 2 is 1.95 bits per heavy atom. The van der Waals surface area contributed by atoms with Crippen LogP contribution in [0.2, 0.25) is 0 Å². The molecule has 1 aromatic carbocycles. The van der Waals surface area contributed by atoms with Gasteiger partial charge in [0, 0.05) is 12.7 Å². The SMILES string of the molecule is CC[C@H]1COC(c2cccn2Cc2c(C)cc(C)cc2C)=N1.